The molecule has 0 heterocycles. The van der Waals surface area contributed by atoms with E-state index in [2.05, 4.69) is 0 Å². The summed E-state index contributed by atoms with van der Waals surface area (Å²) < 4.78 is 25.3. The molecule has 0 aliphatic heterocycles. The van der Waals surface area contributed by atoms with Gasteiger partial charge in [-0.25, -0.2) is 17.5 Å². The van der Waals surface area contributed by atoms with E-state index >= 15 is 0 Å². The van der Waals surface area contributed by atoms with Crippen molar-refractivity contribution in [1.29, 1.82) is 0 Å². The molecule has 0 unspecified atom stereocenters. The lowest BCUT2D eigenvalue weighted by Gasteiger charge is -2.11. The summed E-state index contributed by atoms with van der Waals surface area (Å²) in [4.78, 5) is 23.1. The first kappa shape index (κ1) is 18.6. The van der Waals surface area contributed by atoms with Gasteiger partial charge < -0.3 is 5.11 Å². The quantitative estimate of drug-likeness (QED) is 0.632. The molecule has 0 aliphatic rings. The highest BCUT2D eigenvalue weighted by atomic mass is 32.2. The van der Waals surface area contributed by atoms with E-state index in [-0.39, 0.29) is 21.8 Å². The van der Waals surface area contributed by atoms with Crippen molar-refractivity contribution in [3.63, 3.8) is 0 Å². The van der Waals surface area contributed by atoms with Crippen LogP contribution in [-0.2, 0) is 10.0 Å². The Morgan fingerprint density at radius 2 is 1.64 bits per heavy atom. The number of benzene rings is 2. The van der Waals surface area contributed by atoms with Crippen molar-refractivity contribution in [2.45, 2.75) is 4.90 Å². The number of carboxylic acids is 1. The van der Waals surface area contributed by atoms with Crippen LogP contribution in [0.5, 0.6) is 0 Å². The molecule has 2 rings (SSSR count). The minimum absolute atomic E-state index is 0.0440. The van der Waals surface area contributed by atoms with Gasteiger partial charge in [0.25, 0.3) is 0 Å². The summed E-state index contributed by atoms with van der Waals surface area (Å²) in [6.07, 6.45) is 2.86. The molecule has 0 saturated carbocycles. The van der Waals surface area contributed by atoms with Crippen LogP contribution in [-0.4, -0.2) is 43.7 Å². The Hall–Kier alpha value is -2.77. The molecule has 25 heavy (non-hydrogen) atoms. The van der Waals surface area contributed by atoms with E-state index in [1.807, 2.05) is 0 Å². The van der Waals surface area contributed by atoms with Gasteiger partial charge in [0, 0.05) is 19.7 Å². The first-order chi connectivity index (χ1) is 11.7. The van der Waals surface area contributed by atoms with E-state index in [0.717, 1.165) is 4.31 Å². The highest BCUT2D eigenvalue weighted by Crippen LogP contribution is 2.16. The van der Waals surface area contributed by atoms with Gasteiger partial charge in [0.1, 0.15) is 0 Å². The maximum Gasteiger partial charge on any atom is 0.335 e. The zero-order chi connectivity index (χ0) is 18.6. The first-order valence-corrected chi connectivity index (χ1v) is 8.74. The van der Waals surface area contributed by atoms with Gasteiger partial charge in [0.05, 0.1) is 10.5 Å². The van der Waals surface area contributed by atoms with Gasteiger partial charge in [-0.05, 0) is 35.9 Å². The fraction of sp³-hybridized carbons (Fsp3) is 0.111. The molecule has 0 atom stereocenters. The van der Waals surface area contributed by atoms with Crippen molar-refractivity contribution in [2.24, 2.45) is 0 Å². The predicted molar refractivity (Wildman–Crippen MR) is 94.1 cm³/mol. The number of sulfonamides is 1. The van der Waals surface area contributed by atoms with E-state index < -0.39 is 16.0 Å². The number of carboxylic acid groups (broad SMARTS) is 1. The second-order valence-corrected chi connectivity index (χ2v) is 7.59. The molecule has 0 amide bonds. The zero-order valence-corrected chi connectivity index (χ0v) is 14.5. The largest absolute Gasteiger partial charge is 0.478 e. The van der Waals surface area contributed by atoms with Crippen LogP contribution in [0.15, 0.2) is 59.5 Å². The Balaban J connectivity index is 2.22. The van der Waals surface area contributed by atoms with Crippen LogP contribution in [0, 0.1) is 0 Å². The molecule has 2 aromatic rings. The van der Waals surface area contributed by atoms with Crippen LogP contribution in [0.3, 0.4) is 0 Å². The van der Waals surface area contributed by atoms with E-state index in [0.29, 0.717) is 5.56 Å². The van der Waals surface area contributed by atoms with Crippen LogP contribution in [0.1, 0.15) is 26.3 Å². The van der Waals surface area contributed by atoms with Crippen molar-refractivity contribution < 1.29 is 23.1 Å². The summed E-state index contributed by atoms with van der Waals surface area (Å²) in [7, 11) is -0.769. The molecule has 0 aromatic heterocycles. The minimum Gasteiger partial charge on any atom is -0.478 e. The Bertz CT molecular complexity index is 928. The Labute approximate surface area is 146 Å². The normalized spacial score (nSPS) is 11.8. The number of ketones is 1. The van der Waals surface area contributed by atoms with E-state index in [1.165, 1.54) is 56.6 Å². The molecular formula is C18H17NO5S. The van der Waals surface area contributed by atoms with Crippen LogP contribution < -0.4 is 0 Å². The average molecular weight is 359 g/mol. The number of hydrogen-bond donors (Lipinski definition) is 1. The van der Waals surface area contributed by atoms with Crippen LogP contribution >= 0.6 is 0 Å². The third kappa shape index (κ3) is 4.40. The number of carbonyl (C=O) groups is 2. The summed E-state index contributed by atoms with van der Waals surface area (Å²) in [6.45, 7) is 0. The predicted octanol–water partition coefficient (Wildman–Crippen LogP) is 2.53. The smallest absolute Gasteiger partial charge is 0.335 e. The molecule has 0 fully saturated rings. The second kappa shape index (κ2) is 7.42. The van der Waals surface area contributed by atoms with Gasteiger partial charge >= 0.3 is 5.97 Å². The lowest BCUT2D eigenvalue weighted by atomic mass is 10.1. The minimum atomic E-state index is -3.61. The zero-order valence-electron chi connectivity index (χ0n) is 13.7. The maximum absolute atomic E-state index is 12.3. The van der Waals surface area contributed by atoms with E-state index in [4.69, 9.17) is 5.11 Å². The summed E-state index contributed by atoms with van der Waals surface area (Å²) in [5.74, 6) is -1.37. The van der Waals surface area contributed by atoms with Crippen LogP contribution in [0.2, 0.25) is 0 Å². The fourth-order valence-electron chi connectivity index (χ4n) is 2.03. The summed E-state index contributed by atoms with van der Waals surface area (Å²) in [5.41, 5.74) is 1.07. The molecule has 0 aliphatic carbocycles. The average Bonchev–Trinajstić information content (AvgIpc) is 2.60. The molecule has 0 spiro atoms. The topological polar surface area (TPSA) is 91.8 Å². The standard InChI is InChI=1S/C18H17NO5S/c1-19(2)25(23,24)16-5-3-4-15(12-16)17(20)11-8-13-6-9-14(10-7-13)18(21)22/h3-12H,1-2H3,(H,21,22). The summed E-state index contributed by atoms with van der Waals surface area (Å²) in [5, 5.41) is 8.85. The third-order valence-corrected chi connectivity index (χ3v) is 5.29. The van der Waals surface area contributed by atoms with Gasteiger partial charge in [-0.15, -0.1) is 0 Å². The molecule has 0 radical (unpaired) electrons. The molecule has 6 nitrogen and oxygen atoms in total. The SMILES string of the molecule is CN(C)S(=O)(=O)c1cccc(C(=O)C=Cc2ccc(C(=O)O)cc2)c1. The van der Waals surface area contributed by atoms with Crippen molar-refractivity contribution in [2.75, 3.05) is 14.1 Å². The monoisotopic (exact) mass is 359 g/mol. The highest BCUT2D eigenvalue weighted by Gasteiger charge is 2.18. The lowest BCUT2D eigenvalue weighted by Crippen LogP contribution is -2.22. The number of hydrogen-bond acceptors (Lipinski definition) is 4. The van der Waals surface area contributed by atoms with Crippen molar-refractivity contribution >= 4 is 27.9 Å². The number of allylic oxidation sites excluding steroid dienone is 1. The van der Waals surface area contributed by atoms with Gasteiger partial charge in [-0.3, -0.25) is 4.79 Å². The Kier molecular flexibility index (Phi) is 5.51. The number of aromatic carboxylic acids is 1. The third-order valence-electron chi connectivity index (χ3n) is 3.48. The second-order valence-electron chi connectivity index (χ2n) is 5.44. The Morgan fingerprint density at radius 3 is 2.20 bits per heavy atom. The molecule has 1 N–H and O–H groups in total. The van der Waals surface area contributed by atoms with Gasteiger partial charge in [0.2, 0.25) is 10.0 Å². The van der Waals surface area contributed by atoms with Crippen LogP contribution in [0.25, 0.3) is 6.08 Å². The molecule has 7 heteroatoms. The van der Waals surface area contributed by atoms with E-state index in [1.54, 1.807) is 18.2 Å². The van der Waals surface area contributed by atoms with Crippen molar-refractivity contribution in [3.8, 4) is 0 Å². The molecule has 2 aromatic carbocycles. The molecular weight excluding hydrogens is 342 g/mol. The van der Waals surface area contributed by atoms with Gasteiger partial charge in [-0.1, -0.05) is 30.3 Å². The Morgan fingerprint density at radius 1 is 1.00 bits per heavy atom. The highest BCUT2D eigenvalue weighted by molar-refractivity contribution is 7.89. The summed E-state index contributed by atoms with van der Waals surface area (Å²) >= 11 is 0. The maximum atomic E-state index is 12.3. The number of rotatable bonds is 6. The number of nitrogens with zero attached hydrogens (tertiary/aromatic N) is 1. The molecule has 0 bridgehead atoms. The number of carbonyl (C=O) groups excluding carboxylic acids is 1. The first-order valence-electron chi connectivity index (χ1n) is 7.30. The van der Waals surface area contributed by atoms with E-state index in [9.17, 15) is 18.0 Å². The lowest BCUT2D eigenvalue weighted by molar-refractivity contribution is 0.0696. The van der Waals surface area contributed by atoms with Gasteiger partial charge in [0.15, 0.2) is 5.78 Å². The molecule has 0 saturated heterocycles. The van der Waals surface area contributed by atoms with Crippen molar-refractivity contribution in [1.82, 2.24) is 4.31 Å². The van der Waals surface area contributed by atoms with Crippen molar-refractivity contribution in [3.05, 3.63) is 71.3 Å². The van der Waals surface area contributed by atoms with Gasteiger partial charge in [-0.2, -0.15) is 0 Å². The molecule has 130 valence electrons. The summed E-state index contributed by atoms with van der Waals surface area (Å²) in [6, 6.07) is 11.9. The fourth-order valence-corrected chi connectivity index (χ4v) is 2.97. The van der Waals surface area contributed by atoms with Crippen LogP contribution in [0.4, 0.5) is 0 Å².